The molecule has 0 spiro atoms. The first-order valence-corrected chi connectivity index (χ1v) is 7.33. The molecule has 0 saturated heterocycles. The van der Waals surface area contributed by atoms with E-state index in [1.807, 2.05) is 39.0 Å². The van der Waals surface area contributed by atoms with Crippen LogP contribution in [0.2, 0.25) is 0 Å². The quantitative estimate of drug-likeness (QED) is 0.592. The second-order valence-electron chi connectivity index (χ2n) is 4.61. The predicted octanol–water partition coefficient (Wildman–Crippen LogP) is 4.59. The first kappa shape index (κ1) is 14.4. The van der Waals surface area contributed by atoms with Gasteiger partial charge in [0.05, 0.1) is 5.88 Å². The highest BCUT2D eigenvalue weighted by molar-refractivity contribution is 9.10. The lowest BCUT2D eigenvalue weighted by Gasteiger charge is -2.11. The first-order chi connectivity index (χ1) is 8.95. The minimum atomic E-state index is -0.0325. The fourth-order valence-corrected chi connectivity index (χ4v) is 2.67. The first-order valence-electron chi connectivity index (χ1n) is 6.00. The highest BCUT2D eigenvalue weighted by Gasteiger charge is 2.15. The van der Waals surface area contributed by atoms with Crippen LogP contribution in [-0.2, 0) is 0 Å². The van der Waals surface area contributed by atoms with E-state index in [9.17, 15) is 4.79 Å². The number of ketones is 1. The third kappa shape index (κ3) is 2.63. The standard InChI is InChI=1S/C15H15BrClNO/c1-9-6-12(4-5-14(9)16)18-10(2)7-13(11(18)3)15(19)8-17/h4-7H,8H2,1-3H3. The zero-order valence-corrected chi connectivity index (χ0v) is 13.5. The number of benzene rings is 1. The molecule has 0 aliphatic carbocycles. The van der Waals surface area contributed by atoms with Crippen LogP contribution < -0.4 is 0 Å². The summed E-state index contributed by atoms with van der Waals surface area (Å²) in [7, 11) is 0. The van der Waals surface area contributed by atoms with Gasteiger partial charge in [-0.1, -0.05) is 15.9 Å². The maximum Gasteiger partial charge on any atom is 0.179 e. The van der Waals surface area contributed by atoms with Gasteiger partial charge in [-0.3, -0.25) is 4.79 Å². The van der Waals surface area contributed by atoms with Gasteiger partial charge in [0.2, 0.25) is 0 Å². The zero-order valence-electron chi connectivity index (χ0n) is 11.1. The van der Waals surface area contributed by atoms with Crippen LogP contribution in [0.15, 0.2) is 28.7 Å². The summed E-state index contributed by atoms with van der Waals surface area (Å²) in [6.07, 6.45) is 0. The third-order valence-corrected chi connectivity index (χ3v) is 4.39. The van der Waals surface area contributed by atoms with Crippen molar-refractivity contribution in [1.29, 1.82) is 0 Å². The van der Waals surface area contributed by atoms with Crippen molar-refractivity contribution < 1.29 is 4.79 Å². The summed E-state index contributed by atoms with van der Waals surface area (Å²) in [6, 6.07) is 8.05. The van der Waals surface area contributed by atoms with Crippen molar-refractivity contribution in [3.63, 3.8) is 0 Å². The predicted molar refractivity (Wildman–Crippen MR) is 82.7 cm³/mol. The molecule has 0 fully saturated rings. The molecule has 2 rings (SSSR count). The Morgan fingerprint density at radius 3 is 2.53 bits per heavy atom. The topological polar surface area (TPSA) is 22.0 Å². The number of hydrogen-bond donors (Lipinski definition) is 0. The summed E-state index contributed by atoms with van der Waals surface area (Å²) in [6.45, 7) is 5.99. The van der Waals surface area contributed by atoms with E-state index in [1.165, 1.54) is 0 Å². The lowest BCUT2D eigenvalue weighted by Crippen LogP contribution is -2.04. The van der Waals surface area contributed by atoms with E-state index in [2.05, 4.69) is 26.6 Å². The van der Waals surface area contributed by atoms with Crippen molar-refractivity contribution in [3.8, 4) is 5.69 Å². The smallest absolute Gasteiger partial charge is 0.179 e. The number of carbonyl (C=O) groups excluding carboxylic acids is 1. The molecule has 1 aromatic carbocycles. The summed E-state index contributed by atoms with van der Waals surface area (Å²) in [5.74, 6) is -0.0150. The number of halogens is 2. The second-order valence-corrected chi connectivity index (χ2v) is 5.73. The Morgan fingerprint density at radius 2 is 1.95 bits per heavy atom. The van der Waals surface area contributed by atoms with E-state index >= 15 is 0 Å². The minimum absolute atomic E-state index is 0.0175. The second kappa shape index (κ2) is 5.51. The van der Waals surface area contributed by atoms with Crippen molar-refractivity contribution in [2.24, 2.45) is 0 Å². The van der Waals surface area contributed by atoms with Gasteiger partial charge in [0, 0.05) is 27.1 Å². The molecule has 0 radical (unpaired) electrons. The lowest BCUT2D eigenvalue weighted by molar-refractivity contribution is 0.102. The van der Waals surface area contributed by atoms with Crippen LogP contribution in [0.25, 0.3) is 5.69 Å². The van der Waals surface area contributed by atoms with Crippen molar-refractivity contribution in [3.05, 3.63) is 51.3 Å². The number of aryl methyl sites for hydroxylation is 2. The summed E-state index contributed by atoms with van der Waals surface area (Å²) < 4.78 is 3.16. The van der Waals surface area contributed by atoms with Crippen molar-refractivity contribution in [2.45, 2.75) is 20.8 Å². The van der Waals surface area contributed by atoms with Gasteiger partial charge in [0.15, 0.2) is 5.78 Å². The van der Waals surface area contributed by atoms with Crippen molar-refractivity contribution >= 4 is 33.3 Å². The fourth-order valence-electron chi connectivity index (χ4n) is 2.28. The van der Waals surface area contributed by atoms with Crippen LogP contribution in [0.3, 0.4) is 0 Å². The van der Waals surface area contributed by atoms with Crippen molar-refractivity contribution in [1.82, 2.24) is 4.57 Å². The minimum Gasteiger partial charge on any atom is -0.318 e. The number of carbonyl (C=O) groups is 1. The summed E-state index contributed by atoms with van der Waals surface area (Å²) in [5, 5.41) is 0. The summed E-state index contributed by atoms with van der Waals surface area (Å²) in [5.41, 5.74) is 4.89. The van der Waals surface area contributed by atoms with E-state index in [0.29, 0.717) is 5.56 Å². The Kier molecular flexibility index (Phi) is 4.16. The van der Waals surface area contributed by atoms with Gasteiger partial charge >= 0.3 is 0 Å². The molecule has 100 valence electrons. The highest BCUT2D eigenvalue weighted by atomic mass is 79.9. The Bertz CT molecular complexity index is 646. The van der Waals surface area contributed by atoms with Gasteiger partial charge in [-0.15, -0.1) is 11.6 Å². The van der Waals surface area contributed by atoms with Crippen LogP contribution in [0, 0.1) is 20.8 Å². The van der Waals surface area contributed by atoms with Gasteiger partial charge in [0.25, 0.3) is 0 Å². The molecule has 0 unspecified atom stereocenters. The van der Waals surface area contributed by atoms with Gasteiger partial charge in [-0.2, -0.15) is 0 Å². The molecule has 2 aromatic rings. The number of hydrogen-bond acceptors (Lipinski definition) is 1. The molecule has 0 aliphatic rings. The Hall–Kier alpha value is -1.06. The number of nitrogens with zero attached hydrogens (tertiary/aromatic N) is 1. The van der Waals surface area contributed by atoms with E-state index in [1.54, 1.807) is 0 Å². The number of alkyl halides is 1. The normalized spacial score (nSPS) is 10.8. The summed E-state index contributed by atoms with van der Waals surface area (Å²) >= 11 is 9.14. The van der Waals surface area contributed by atoms with Crippen LogP contribution in [0.4, 0.5) is 0 Å². The van der Waals surface area contributed by atoms with E-state index < -0.39 is 0 Å². The largest absolute Gasteiger partial charge is 0.318 e. The fraction of sp³-hybridized carbons (Fsp3) is 0.267. The number of Topliss-reactive ketones (excluding diaryl/α,β-unsaturated/α-hetero) is 1. The Labute approximate surface area is 126 Å². The third-order valence-electron chi connectivity index (χ3n) is 3.25. The average Bonchev–Trinajstić information content (AvgIpc) is 2.68. The molecule has 1 aromatic heterocycles. The van der Waals surface area contributed by atoms with Crippen molar-refractivity contribution in [2.75, 3.05) is 5.88 Å². The van der Waals surface area contributed by atoms with Crippen LogP contribution in [-0.4, -0.2) is 16.2 Å². The molecular weight excluding hydrogens is 326 g/mol. The Balaban J connectivity index is 2.59. The molecule has 0 bridgehead atoms. The van der Waals surface area contributed by atoms with E-state index in [4.69, 9.17) is 11.6 Å². The summed E-state index contributed by atoms with van der Waals surface area (Å²) in [4.78, 5) is 11.8. The molecule has 0 amide bonds. The number of aromatic nitrogens is 1. The molecule has 0 aliphatic heterocycles. The molecule has 0 N–H and O–H groups in total. The van der Waals surface area contributed by atoms with Gasteiger partial charge in [0.1, 0.15) is 0 Å². The maximum atomic E-state index is 11.8. The molecule has 0 saturated carbocycles. The van der Waals surface area contributed by atoms with Crippen LogP contribution >= 0.6 is 27.5 Å². The molecule has 19 heavy (non-hydrogen) atoms. The zero-order chi connectivity index (χ0) is 14.2. The van der Waals surface area contributed by atoms with Crippen LogP contribution in [0.5, 0.6) is 0 Å². The van der Waals surface area contributed by atoms with E-state index in [-0.39, 0.29) is 11.7 Å². The number of rotatable bonds is 3. The average molecular weight is 341 g/mol. The molecule has 0 atom stereocenters. The maximum absolute atomic E-state index is 11.8. The van der Waals surface area contributed by atoms with E-state index in [0.717, 1.165) is 27.1 Å². The van der Waals surface area contributed by atoms with Crippen LogP contribution in [0.1, 0.15) is 27.3 Å². The van der Waals surface area contributed by atoms with Gasteiger partial charge in [-0.05, 0) is 50.6 Å². The molecule has 4 heteroatoms. The SMILES string of the molecule is Cc1cc(-n2c(C)cc(C(=O)CCl)c2C)ccc1Br. The Morgan fingerprint density at radius 1 is 1.26 bits per heavy atom. The monoisotopic (exact) mass is 339 g/mol. The highest BCUT2D eigenvalue weighted by Crippen LogP contribution is 2.25. The lowest BCUT2D eigenvalue weighted by atomic mass is 10.2. The van der Waals surface area contributed by atoms with Gasteiger partial charge < -0.3 is 4.57 Å². The van der Waals surface area contributed by atoms with Gasteiger partial charge in [-0.25, -0.2) is 0 Å². The molecular formula is C15H15BrClNO. The molecule has 1 heterocycles. The molecule has 2 nitrogen and oxygen atoms in total.